The monoisotopic (exact) mass is 147 g/mol. The summed E-state index contributed by atoms with van der Waals surface area (Å²) in [5, 5.41) is 18.1. The maximum atomic E-state index is 10.3. The Morgan fingerprint density at radius 3 is 2.50 bits per heavy atom. The average molecular weight is 147 g/mol. The zero-order valence-electron chi connectivity index (χ0n) is 6.76. The molecule has 0 bridgehead atoms. The number of hydroxylamine groups is 2. The van der Waals surface area contributed by atoms with Crippen molar-refractivity contribution in [1.82, 2.24) is 0 Å². The van der Waals surface area contributed by atoms with E-state index in [1.807, 2.05) is 0 Å². The molecule has 0 aromatic heterocycles. The molecule has 0 radical (unpaired) electrons. The fourth-order valence-electron chi connectivity index (χ4n) is 0.824. The molecule has 2 N–H and O–H groups in total. The topological polar surface area (TPSA) is 47.7 Å². The van der Waals surface area contributed by atoms with Crippen molar-refractivity contribution in [3.05, 3.63) is 5.21 Å². The second-order valence-electron chi connectivity index (χ2n) is 2.74. The van der Waals surface area contributed by atoms with Crippen LogP contribution in [0.15, 0.2) is 0 Å². The molecule has 0 aliphatic rings. The lowest BCUT2D eigenvalue weighted by molar-refractivity contribution is -1.07. The second-order valence-corrected chi connectivity index (χ2v) is 2.74. The highest BCUT2D eigenvalue weighted by molar-refractivity contribution is 4.46. The van der Waals surface area contributed by atoms with Gasteiger partial charge in [-0.15, -0.1) is 0 Å². The van der Waals surface area contributed by atoms with E-state index in [9.17, 15) is 5.21 Å². The van der Waals surface area contributed by atoms with Crippen molar-refractivity contribution in [3.8, 4) is 0 Å². The number of unbranched alkanes of at least 4 members (excludes halogenated alkanes) is 2. The van der Waals surface area contributed by atoms with Crippen LogP contribution in [0.3, 0.4) is 0 Å². The Kier molecular flexibility index (Phi) is 5.58. The highest BCUT2D eigenvalue weighted by Gasteiger charge is 2.05. The van der Waals surface area contributed by atoms with E-state index in [1.165, 1.54) is 0 Å². The quantitative estimate of drug-likeness (QED) is 0.445. The van der Waals surface area contributed by atoms with Gasteiger partial charge in [0, 0.05) is 6.42 Å². The van der Waals surface area contributed by atoms with E-state index in [0.717, 1.165) is 25.7 Å². The van der Waals surface area contributed by atoms with Crippen molar-refractivity contribution < 1.29 is 10.4 Å². The smallest absolute Gasteiger partial charge is 0.114 e. The Balaban J connectivity index is 3.13. The molecule has 0 rings (SSSR count). The van der Waals surface area contributed by atoms with Crippen LogP contribution in [0.2, 0.25) is 0 Å². The minimum absolute atomic E-state index is 0.161. The van der Waals surface area contributed by atoms with E-state index in [-0.39, 0.29) is 6.04 Å². The highest BCUT2D eigenvalue weighted by atomic mass is 16.8. The van der Waals surface area contributed by atoms with E-state index in [0.29, 0.717) is 0 Å². The summed E-state index contributed by atoms with van der Waals surface area (Å²) in [6.45, 7) is 3.88. The van der Waals surface area contributed by atoms with Gasteiger partial charge in [-0.1, -0.05) is 19.8 Å². The molecule has 3 nitrogen and oxygen atoms in total. The molecule has 0 aromatic carbocycles. The fourth-order valence-corrected chi connectivity index (χ4v) is 0.824. The van der Waals surface area contributed by atoms with Gasteiger partial charge in [0.05, 0.1) is 0 Å². The molecule has 0 aliphatic heterocycles. The summed E-state index contributed by atoms with van der Waals surface area (Å²) in [5.41, 5.74) is 0. The molecule has 0 fully saturated rings. The summed E-state index contributed by atoms with van der Waals surface area (Å²) in [6, 6.07) is -0.161. The van der Waals surface area contributed by atoms with Gasteiger partial charge in [0.15, 0.2) is 0 Å². The van der Waals surface area contributed by atoms with Crippen LogP contribution >= 0.6 is 0 Å². The summed E-state index contributed by atoms with van der Waals surface area (Å²) >= 11 is 0. The summed E-state index contributed by atoms with van der Waals surface area (Å²) in [5.74, 6) is 0. The predicted octanol–water partition coefficient (Wildman–Crippen LogP) is 0.727. The van der Waals surface area contributed by atoms with Gasteiger partial charge < -0.3 is 5.21 Å². The van der Waals surface area contributed by atoms with Crippen molar-refractivity contribution >= 4 is 0 Å². The average Bonchev–Trinajstić information content (AvgIpc) is 1.88. The Bertz CT molecular complexity index is 76.0. The predicted molar refractivity (Wildman–Crippen MR) is 39.7 cm³/mol. The largest absolute Gasteiger partial charge is 0.600 e. The second kappa shape index (κ2) is 5.65. The lowest BCUT2D eigenvalue weighted by Gasteiger charge is -2.19. The number of hydrogen-bond donors (Lipinski definition) is 2. The maximum absolute atomic E-state index is 10.3. The van der Waals surface area contributed by atoms with E-state index in [2.05, 4.69) is 6.92 Å². The number of quaternary nitrogens is 1. The molecule has 2 atom stereocenters. The molecule has 0 amide bonds. The molecular formula is C7H17NO2. The minimum Gasteiger partial charge on any atom is -0.600 e. The third kappa shape index (κ3) is 4.73. The van der Waals surface area contributed by atoms with E-state index in [1.54, 1.807) is 6.92 Å². The molecule has 0 heterocycles. The number of nitrogens with one attached hydrogen (secondary N) is 1. The Morgan fingerprint density at radius 1 is 1.50 bits per heavy atom. The van der Waals surface area contributed by atoms with Gasteiger partial charge in [-0.25, -0.2) is 10.4 Å². The van der Waals surface area contributed by atoms with Gasteiger partial charge in [0.2, 0.25) is 0 Å². The number of hydrogen-bond acceptors (Lipinski definition) is 2. The van der Waals surface area contributed by atoms with Crippen molar-refractivity contribution in [2.24, 2.45) is 0 Å². The first-order valence-corrected chi connectivity index (χ1v) is 3.91. The van der Waals surface area contributed by atoms with Gasteiger partial charge in [0.25, 0.3) is 0 Å². The van der Waals surface area contributed by atoms with Crippen LogP contribution in [0, 0.1) is 5.21 Å². The standard InChI is InChI=1S/C7H17NO2/c1-3-4-5-6-7(2)8(9)10/h7-9H,3-6H2,1-2H3. The van der Waals surface area contributed by atoms with Crippen molar-refractivity contribution in [2.45, 2.75) is 45.6 Å². The molecule has 0 aromatic rings. The van der Waals surface area contributed by atoms with Gasteiger partial charge in [-0.3, -0.25) is 0 Å². The first kappa shape index (κ1) is 9.88. The maximum Gasteiger partial charge on any atom is 0.114 e. The zero-order valence-corrected chi connectivity index (χ0v) is 6.76. The molecule has 0 aliphatic carbocycles. The molecule has 0 spiro atoms. The highest BCUT2D eigenvalue weighted by Crippen LogP contribution is 1.99. The molecule has 3 heteroatoms. The molecule has 0 saturated carbocycles. The first-order valence-electron chi connectivity index (χ1n) is 3.91. The minimum atomic E-state index is -0.670. The Labute approximate surface area is 62.2 Å². The molecule has 2 unspecified atom stereocenters. The Hall–Kier alpha value is -0.120. The fraction of sp³-hybridized carbons (Fsp3) is 1.00. The van der Waals surface area contributed by atoms with Crippen LogP contribution in [-0.2, 0) is 0 Å². The SMILES string of the molecule is CCCCCC(C)[NH+]([O-])O. The normalized spacial score (nSPS) is 16.8. The Morgan fingerprint density at radius 2 is 2.10 bits per heavy atom. The summed E-state index contributed by atoms with van der Waals surface area (Å²) < 4.78 is 0. The molecule has 10 heavy (non-hydrogen) atoms. The third-order valence-corrected chi connectivity index (χ3v) is 1.66. The van der Waals surface area contributed by atoms with Crippen molar-refractivity contribution in [3.63, 3.8) is 0 Å². The van der Waals surface area contributed by atoms with Crippen LogP contribution in [0.25, 0.3) is 0 Å². The first-order chi connectivity index (χ1) is 4.68. The van der Waals surface area contributed by atoms with Crippen molar-refractivity contribution in [2.75, 3.05) is 0 Å². The van der Waals surface area contributed by atoms with Crippen LogP contribution in [0.4, 0.5) is 0 Å². The number of rotatable bonds is 5. The van der Waals surface area contributed by atoms with E-state index < -0.39 is 5.23 Å². The van der Waals surface area contributed by atoms with Crippen LogP contribution < -0.4 is 5.23 Å². The molecule has 62 valence electrons. The van der Waals surface area contributed by atoms with Gasteiger partial charge in [0.1, 0.15) is 6.04 Å². The zero-order chi connectivity index (χ0) is 7.98. The van der Waals surface area contributed by atoms with Crippen molar-refractivity contribution in [1.29, 1.82) is 0 Å². The lowest BCUT2D eigenvalue weighted by Crippen LogP contribution is -3.08. The van der Waals surface area contributed by atoms with E-state index in [4.69, 9.17) is 5.21 Å². The third-order valence-electron chi connectivity index (χ3n) is 1.66. The van der Waals surface area contributed by atoms with Crippen LogP contribution in [-0.4, -0.2) is 11.2 Å². The molecule has 0 saturated heterocycles. The van der Waals surface area contributed by atoms with Gasteiger partial charge in [-0.2, -0.15) is 0 Å². The van der Waals surface area contributed by atoms with E-state index >= 15 is 0 Å². The summed E-state index contributed by atoms with van der Waals surface area (Å²) in [4.78, 5) is 0. The summed E-state index contributed by atoms with van der Waals surface area (Å²) in [7, 11) is 0. The van der Waals surface area contributed by atoms with Crippen LogP contribution in [0.1, 0.15) is 39.5 Å². The van der Waals surface area contributed by atoms with Crippen LogP contribution in [0.5, 0.6) is 0 Å². The van der Waals surface area contributed by atoms with Gasteiger partial charge in [-0.05, 0) is 13.3 Å². The summed E-state index contributed by atoms with van der Waals surface area (Å²) in [6.07, 6.45) is 4.18. The lowest BCUT2D eigenvalue weighted by atomic mass is 10.1. The van der Waals surface area contributed by atoms with Gasteiger partial charge >= 0.3 is 0 Å². The molecular weight excluding hydrogens is 130 g/mol.